The number of aliphatic hydroxyl groups is 2. The van der Waals surface area contributed by atoms with Crippen LogP contribution >= 0.6 is 15.9 Å². The summed E-state index contributed by atoms with van der Waals surface area (Å²) < 4.78 is 70.7. The molecule has 0 aromatic heterocycles. The Balaban J connectivity index is 2.02. The van der Waals surface area contributed by atoms with Gasteiger partial charge in [0.1, 0.15) is 23.0 Å². The van der Waals surface area contributed by atoms with E-state index >= 15 is 0 Å². The highest BCUT2D eigenvalue weighted by Crippen LogP contribution is 2.48. The number of rotatable bonds is 8. The summed E-state index contributed by atoms with van der Waals surface area (Å²) in [6.07, 6.45) is -1.13. The molecule has 2 aromatic carbocycles. The van der Waals surface area contributed by atoms with Crippen molar-refractivity contribution in [3.8, 4) is 0 Å². The Kier molecular flexibility index (Phi) is 6.38. The van der Waals surface area contributed by atoms with Crippen molar-refractivity contribution >= 4 is 43.0 Å². The maximum absolute atomic E-state index is 14.8. The standard InChI is InChI=1S/C19H20BrF3N2O4S/c1-10-6-14(22)17(25-30(28,29)19(4-5-19)8-12(27)9-26)18(16(10)23)24-15-3-2-11(20)7-13(15)21/h2-3,6-7,12,24-27H,4-5,8-9H2,1H3. The van der Waals surface area contributed by atoms with Crippen LogP contribution in [0.1, 0.15) is 24.8 Å². The quantitative estimate of drug-likeness (QED) is 0.433. The zero-order chi connectivity index (χ0) is 22.3. The Morgan fingerprint density at radius 3 is 2.40 bits per heavy atom. The summed E-state index contributed by atoms with van der Waals surface area (Å²) in [5.41, 5.74) is -1.53. The maximum Gasteiger partial charge on any atom is 0.238 e. The van der Waals surface area contributed by atoms with Crippen molar-refractivity contribution in [2.45, 2.75) is 37.0 Å². The number of nitrogens with one attached hydrogen (secondary N) is 2. The van der Waals surface area contributed by atoms with Gasteiger partial charge >= 0.3 is 0 Å². The van der Waals surface area contributed by atoms with E-state index in [1.807, 2.05) is 0 Å². The number of aliphatic hydroxyl groups excluding tert-OH is 2. The summed E-state index contributed by atoms with van der Waals surface area (Å²) in [6, 6.07) is 4.72. The molecule has 1 atom stereocenters. The monoisotopic (exact) mass is 508 g/mol. The third-order valence-electron chi connectivity index (χ3n) is 5.02. The van der Waals surface area contributed by atoms with Gasteiger partial charge in [-0.2, -0.15) is 0 Å². The first kappa shape index (κ1) is 22.9. The molecule has 6 nitrogen and oxygen atoms in total. The summed E-state index contributed by atoms with van der Waals surface area (Å²) in [6.45, 7) is 0.667. The molecular weight excluding hydrogens is 489 g/mol. The lowest BCUT2D eigenvalue weighted by Gasteiger charge is -2.22. The maximum atomic E-state index is 14.8. The Morgan fingerprint density at radius 2 is 1.83 bits per heavy atom. The molecule has 1 aliphatic rings. The second-order valence-corrected chi connectivity index (χ2v) is 10.3. The van der Waals surface area contributed by atoms with Crippen LogP contribution in [0.3, 0.4) is 0 Å². The molecule has 0 spiro atoms. The minimum absolute atomic E-state index is 0.104. The predicted molar refractivity (Wildman–Crippen MR) is 111 cm³/mol. The van der Waals surface area contributed by atoms with E-state index in [4.69, 9.17) is 5.11 Å². The van der Waals surface area contributed by atoms with Gasteiger partial charge in [0.25, 0.3) is 0 Å². The van der Waals surface area contributed by atoms with Gasteiger partial charge in [0.15, 0.2) is 5.82 Å². The van der Waals surface area contributed by atoms with Crippen molar-refractivity contribution in [1.82, 2.24) is 0 Å². The zero-order valence-corrected chi connectivity index (χ0v) is 18.2. The molecule has 30 heavy (non-hydrogen) atoms. The molecule has 0 bridgehead atoms. The van der Waals surface area contributed by atoms with Crippen molar-refractivity contribution in [3.63, 3.8) is 0 Å². The number of anilines is 3. The first-order valence-corrected chi connectivity index (χ1v) is 11.3. The van der Waals surface area contributed by atoms with E-state index in [-0.39, 0.29) is 30.5 Å². The van der Waals surface area contributed by atoms with E-state index in [1.165, 1.54) is 19.1 Å². The van der Waals surface area contributed by atoms with Gasteiger partial charge in [-0.25, -0.2) is 21.6 Å². The van der Waals surface area contributed by atoms with Crippen LogP contribution in [-0.4, -0.2) is 36.1 Å². The van der Waals surface area contributed by atoms with Crippen LogP contribution in [0.4, 0.5) is 30.2 Å². The van der Waals surface area contributed by atoms with Crippen molar-refractivity contribution < 1.29 is 31.8 Å². The average Bonchev–Trinajstić information content (AvgIpc) is 3.45. The molecule has 1 aliphatic carbocycles. The van der Waals surface area contributed by atoms with Gasteiger partial charge in [-0.3, -0.25) is 4.72 Å². The molecule has 1 fully saturated rings. The number of hydrogen-bond acceptors (Lipinski definition) is 5. The molecule has 164 valence electrons. The number of halogens is 4. The zero-order valence-electron chi connectivity index (χ0n) is 15.8. The largest absolute Gasteiger partial charge is 0.394 e. The van der Waals surface area contributed by atoms with Crippen LogP contribution in [0, 0.1) is 24.4 Å². The molecule has 0 amide bonds. The summed E-state index contributed by atoms with van der Waals surface area (Å²) in [4.78, 5) is 0. The SMILES string of the molecule is Cc1cc(F)c(NS(=O)(=O)C2(CC(O)CO)CC2)c(Nc2ccc(Br)cc2F)c1F. The van der Waals surface area contributed by atoms with Gasteiger partial charge in [-0.05, 0) is 56.0 Å². The van der Waals surface area contributed by atoms with Crippen LogP contribution < -0.4 is 10.0 Å². The van der Waals surface area contributed by atoms with Gasteiger partial charge < -0.3 is 15.5 Å². The second kappa shape index (κ2) is 8.37. The van der Waals surface area contributed by atoms with Crippen molar-refractivity contribution in [3.05, 3.63) is 51.8 Å². The average molecular weight is 509 g/mol. The van der Waals surface area contributed by atoms with Gasteiger partial charge in [-0.15, -0.1) is 0 Å². The molecule has 0 heterocycles. The van der Waals surface area contributed by atoms with E-state index in [2.05, 4.69) is 26.0 Å². The first-order valence-electron chi connectivity index (χ1n) is 9.01. The van der Waals surface area contributed by atoms with Crippen LogP contribution in [0.25, 0.3) is 0 Å². The van der Waals surface area contributed by atoms with E-state index in [1.54, 1.807) is 0 Å². The molecule has 0 radical (unpaired) electrons. The number of benzene rings is 2. The molecule has 3 rings (SSSR count). The molecule has 4 N–H and O–H groups in total. The lowest BCUT2D eigenvalue weighted by atomic mass is 10.1. The van der Waals surface area contributed by atoms with Crippen molar-refractivity contribution in [2.75, 3.05) is 16.6 Å². The van der Waals surface area contributed by atoms with Gasteiger partial charge in [-0.1, -0.05) is 15.9 Å². The van der Waals surface area contributed by atoms with E-state index < -0.39 is 56.3 Å². The molecule has 0 saturated heterocycles. The molecule has 11 heteroatoms. The summed E-state index contributed by atoms with van der Waals surface area (Å²) in [5.74, 6) is -2.75. The highest BCUT2D eigenvalue weighted by atomic mass is 79.9. The van der Waals surface area contributed by atoms with Crippen LogP contribution in [0.5, 0.6) is 0 Å². The first-order chi connectivity index (χ1) is 14.0. The topological polar surface area (TPSA) is 98.7 Å². The van der Waals surface area contributed by atoms with Gasteiger partial charge in [0.05, 0.1) is 23.1 Å². The van der Waals surface area contributed by atoms with Gasteiger partial charge in [0, 0.05) is 4.47 Å². The van der Waals surface area contributed by atoms with Crippen LogP contribution in [0.2, 0.25) is 0 Å². The number of hydrogen-bond donors (Lipinski definition) is 4. The normalized spacial score (nSPS) is 16.2. The van der Waals surface area contributed by atoms with Gasteiger partial charge in [0.2, 0.25) is 10.0 Å². The van der Waals surface area contributed by atoms with E-state index in [0.717, 1.165) is 12.1 Å². The van der Waals surface area contributed by atoms with Crippen LogP contribution in [0.15, 0.2) is 28.7 Å². The minimum atomic E-state index is -4.26. The van der Waals surface area contributed by atoms with E-state index in [9.17, 15) is 26.7 Å². The molecule has 1 saturated carbocycles. The number of sulfonamides is 1. The van der Waals surface area contributed by atoms with Crippen molar-refractivity contribution in [1.29, 1.82) is 0 Å². The Hall–Kier alpha value is -1.82. The Bertz CT molecular complexity index is 1080. The summed E-state index contributed by atoms with van der Waals surface area (Å²) in [5, 5.41) is 21.1. The summed E-state index contributed by atoms with van der Waals surface area (Å²) >= 11 is 3.10. The Morgan fingerprint density at radius 1 is 1.17 bits per heavy atom. The second-order valence-electron chi connectivity index (χ2n) is 7.32. The smallest absolute Gasteiger partial charge is 0.238 e. The van der Waals surface area contributed by atoms with E-state index in [0.29, 0.717) is 4.47 Å². The molecule has 0 aliphatic heterocycles. The molecule has 2 aromatic rings. The fourth-order valence-electron chi connectivity index (χ4n) is 3.15. The van der Waals surface area contributed by atoms with Crippen molar-refractivity contribution in [2.24, 2.45) is 0 Å². The predicted octanol–water partition coefficient (Wildman–Crippen LogP) is 3.94. The highest BCUT2D eigenvalue weighted by Gasteiger charge is 2.55. The lowest BCUT2D eigenvalue weighted by molar-refractivity contribution is 0.0858. The third-order valence-corrected chi connectivity index (χ3v) is 7.70. The lowest BCUT2D eigenvalue weighted by Crippen LogP contribution is -2.34. The fraction of sp³-hybridized carbons (Fsp3) is 0.368. The Labute approximate surface area is 180 Å². The van der Waals surface area contributed by atoms with Crippen LogP contribution in [-0.2, 0) is 10.0 Å². The number of aryl methyl sites for hydroxylation is 1. The minimum Gasteiger partial charge on any atom is -0.394 e. The summed E-state index contributed by atoms with van der Waals surface area (Å²) in [7, 11) is -4.26. The highest BCUT2D eigenvalue weighted by molar-refractivity contribution is 9.10. The third kappa shape index (κ3) is 4.43. The molecular formula is C19H20BrF3N2O4S. The fourth-order valence-corrected chi connectivity index (χ4v) is 5.22. The molecule has 1 unspecified atom stereocenters.